The highest BCUT2D eigenvalue weighted by Crippen LogP contribution is 2.23. The molecule has 0 fully saturated rings. The molecule has 1 aromatic heterocycles. The van der Waals surface area contributed by atoms with Crippen molar-refractivity contribution in [2.75, 3.05) is 5.32 Å². The number of nitrogens with one attached hydrogen (secondary N) is 2. The molecular weight excluding hydrogens is 289 g/mol. The van der Waals surface area contributed by atoms with Crippen LogP contribution in [-0.4, -0.2) is 9.97 Å². The average Bonchev–Trinajstić information content (AvgIpc) is 2.31. The fourth-order valence-electron chi connectivity index (χ4n) is 1.34. The highest BCUT2D eigenvalue weighted by molar-refractivity contribution is 9.10. The Morgan fingerprint density at radius 1 is 1.47 bits per heavy atom. The molecule has 0 saturated heterocycles. The summed E-state index contributed by atoms with van der Waals surface area (Å²) in [6.45, 7) is 1.65. The molecule has 0 bridgehead atoms. The smallest absolute Gasteiger partial charge is 0.267 e. The minimum absolute atomic E-state index is 0.281. The fraction of sp³-hybridized carbons (Fsp3) is 0.0909. The van der Waals surface area contributed by atoms with Crippen molar-refractivity contribution in [3.8, 4) is 0 Å². The molecular formula is C11H9BrFN3O. The lowest BCUT2D eigenvalue weighted by molar-refractivity contribution is 0.619. The highest BCUT2D eigenvalue weighted by Gasteiger charge is 2.08. The molecule has 1 aromatic carbocycles. The summed E-state index contributed by atoms with van der Waals surface area (Å²) in [5.41, 5.74) is 0.752. The van der Waals surface area contributed by atoms with Gasteiger partial charge in [0.2, 0.25) is 0 Å². The second-order valence-electron chi connectivity index (χ2n) is 3.43. The first kappa shape index (κ1) is 11.8. The molecule has 88 valence electrons. The minimum atomic E-state index is -0.309. The summed E-state index contributed by atoms with van der Waals surface area (Å²) < 4.78 is 13.6. The molecule has 0 unspecified atom stereocenters. The number of aromatic amines is 1. The van der Waals surface area contributed by atoms with E-state index in [-0.39, 0.29) is 15.8 Å². The average molecular weight is 298 g/mol. The summed E-state index contributed by atoms with van der Waals surface area (Å²) in [6.07, 6.45) is 1.28. The Labute approximate surface area is 105 Å². The maximum absolute atomic E-state index is 13.3. The second kappa shape index (κ2) is 4.67. The van der Waals surface area contributed by atoms with E-state index in [1.807, 2.05) is 0 Å². The van der Waals surface area contributed by atoms with Crippen molar-refractivity contribution in [2.45, 2.75) is 6.92 Å². The third-order valence-corrected chi connectivity index (χ3v) is 3.05. The molecule has 2 N–H and O–H groups in total. The number of nitrogens with zero attached hydrogens (tertiary/aromatic N) is 1. The van der Waals surface area contributed by atoms with Crippen LogP contribution in [0.2, 0.25) is 0 Å². The van der Waals surface area contributed by atoms with E-state index < -0.39 is 0 Å². The van der Waals surface area contributed by atoms with Gasteiger partial charge in [0.25, 0.3) is 5.56 Å². The maximum Gasteiger partial charge on any atom is 0.267 e. The first-order chi connectivity index (χ1) is 8.09. The normalized spacial score (nSPS) is 10.3. The molecule has 0 atom stereocenters. The van der Waals surface area contributed by atoms with E-state index in [1.165, 1.54) is 12.4 Å². The lowest BCUT2D eigenvalue weighted by Crippen LogP contribution is -2.10. The van der Waals surface area contributed by atoms with Gasteiger partial charge in [0, 0.05) is 11.3 Å². The second-order valence-corrected chi connectivity index (χ2v) is 4.22. The Balaban J connectivity index is 2.42. The van der Waals surface area contributed by atoms with E-state index in [4.69, 9.17) is 0 Å². The molecule has 2 aromatic rings. The molecule has 6 heteroatoms. The fourth-order valence-corrected chi connectivity index (χ4v) is 1.66. The van der Waals surface area contributed by atoms with Gasteiger partial charge in [0.1, 0.15) is 10.3 Å². The monoisotopic (exact) mass is 297 g/mol. The molecule has 0 spiro atoms. The van der Waals surface area contributed by atoms with Crippen LogP contribution in [0, 0.1) is 12.7 Å². The van der Waals surface area contributed by atoms with Crippen molar-refractivity contribution in [3.05, 3.63) is 50.7 Å². The standard InChI is InChI=1S/C11H9BrFN3O/c1-6-7(13)3-2-4-8(6)16-10-9(12)11(17)15-5-14-10/h2-5H,1H3,(H2,14,15,16,17). The van der Waals surface area contributed by atoms with E-state index >= 15 is 0 Å². The van der Waals surface area contributed by atoms with Crippen LogP contribution in [0.3, 0.4) is 0 Å². The van der Waals surface area contributed by atoms with Crippen LogP contribution < -0.4 is 10.9 Å². The van der Waals surface area contributed by atoms with Crippen molar-refractivity contribution >= 4 is 27.4 Å². The van der Waals surface area contributed by atoms with E-state index in [2.05, 4.69) is 31.2 Å². The minimum Gasteiger partial charge on any atom is -0.339 e. The van der Waals surface area contributed by atoms with Crippen LogP contribution in [0.1, 0.15) is 5.56 Å². The number of halogens is 2. The molecule has 0 aliphatic rings. The molecule has 0 aliphatic heterocycles. The van der Waals surface area contributed by atoms with Gasteiger partial charge in [-0.05, 0) is 35.0 Å². The number of H-pyrrole nitrogens is 1. The SMILES string of the molecule is Cc1c(F)cccc1Nc1nc[nH]c(=O)c1Br. The van der Waals surface area contributed by atoms with Crippen molar-refractivity contribution in [1.29, 1.82) is 0 Å². The third kappa shape index (κ3) is 2.36. The van der Waals surface area contributed by atoms with Crippen LogP contribution in [0.4, 0.5) is 15.9 Å². The van der Waals surface area contributed by atoms with Gasteiger partial charge >= 0.3 is 0 Å². The summed E-state index contributed by atoms with van der Waals surface area (Å²) in [5.74, 6) is 0.0402. The Hall–Kier alpha value is -1.69. The summed E-state index contributed by atoms with van der Waals surface area (Å²) in [7, 11) is 0. The van der Waals surface area contributed by atoms with Crippen molar-refractivity contribution in [3.63, 3.8) is 0 Å². The third-order valence-electron chi connectivity index (χ3n) is 2.32. The molecule has 0 aliphatic carbocycles. The lowest BCUT2D eigenvalue weighted by atomic mass is 10.2. The summed E-state index contributed by atoms with van der Waals surface area (Å²) in [5, 5.41) is 2.90. The molecule has 17 heavy (non-hydrogen) atoms. The maximum atomic E-state index is 13.3. The molecule has 4 nitrogen and oxygen atoms in total. The quantitative estimate of drug-likeness (QED) is 0.896. The zero-order valence-corrected chi connectivity index (χ0v) is 10.5. The van der Waals surface area contributed by atoms with Crippen LogP contribution >= 0.6 is 15.9 Å². The number of benzene rings is 1. The molecule has 0 radical (unpaired) electrons. The summed E-state index contributed by atoms with van der Waals surface area (Å²) in [6, 6.07) is 4.68. The van der Waals surface area contributed by atoms with Gasteiger partial charge < -0.3 is 10.3 Å². The predicted molar refractivity (Wildman–Crippen MR) is 67.0 cm³/mol. The number of hydrogen-bond acceptors (Lipinski definition) is 3. The summed E-state index contributed by atoms with van der Waals surface area (Å²) >= 11 is 3.12. The van der Waals surface area contributed by atoms with Crippen LogP contribution in [0.5, 0.6) is 0 Å². The number of rotatable bonds is 2. The number of anilines is 2. The van der Waals surface area contributed by atoms with E-state index in [0.717, 1.165) is 0 Å². The van der Waals surface area contributed by atoms with Gasteiger partial charge in [-0.1, -0.05) is 6.07 Å². The first-order valence-corrected chi connectivity index (χ1v) is 5.64. The van der Waals surface area contributed by atoms with E-state index in [0.29, 0.717) is 17.1 Å². The Kier molecular flexibility index (Phi) is 3.23. The van der Waals surface area contributed by atoms with Crippen LogP contribution in [0.25, 0.3) is 0 Å². The largest absolute Gasteiger partial charge is 0.339 e. The number of aromatic nitrogens is 2. The van der Waals surface area contributed by atoms with E-state index in [1.54, 1.807) is 19.1 Å². The van der Waals surface area contributed by atoms with Crippen LogP contribution in [0.15, 0.2) is 33.8 Å². The molecule has 0 amide bonds. The van der Waals surface area contributed by atoms with Crippen molar-refractivity contribution in [2.24, 2.45) is 0 Å². The predicted octanol–water partition coefficient (Wildman–Crippen LogP) is 2.72. The zero-order valence-electron chi connectivity index (χ0n) is 8.92. The van der Waals surface area contributed by atoms with Gasteiger partial charge in [0.15, 0.2) is 5.82 Å². The van der Waals surface area contributed by atoms with Gasteiger partial charge in [-0.15, -0.1) is 0 Å². The van der Waals surface area contributed by atoms with Gasteiger partial charge in [0.05, 0.1) is 6.33 Å². The molecule has 2 rings (SSSR count). The molecule has 0 saturated carbocycles. The highest BCUT2D eigenvalue weighted by atomic mass is 79.9. The van der Waals surface area contributed by atoms with Crippen molar-refractivity contribution in [1.82, 2.24) is 9.97 Å². The Morgan fingerprint density at radius 2 is 2.24 bits per heavy atom. The van der Waals surface area contributed by atoms with E-state index in [9.17, 15) is 9.18 Å². The summed E-state index contributed by atoms with van der Waals surface area (Å²) in [4.78, 5) is 17.7. The first-order valence-electron chi connectivity index (χ1n) is 4.85. The van der Waals surface area contributed by atoms with Crippen LogP contribution in [-0.2, 0) is 0 Å². The topological polar surface area (TPSA) is 57.8 Å². The lowest BCUT2D eigenvalue weighted by Gasteiger charge is -2.09. The van der Waals surface area contributed by atoms with Gasteiger partial charge in [-0.25, -0.2) is 9.37 Å². The Bertz CT molecular complexity index is 612. The van der Waals surface area contributed by atoms with Crippen molar-refractivity contribution < 1.29 is 4.39 Å². The molecule has 1 heterocycles. The van der Waals surface area contributed by atoms with Gasteiger partial charge in [-0.3, -0.25) is 4.79 Å². The van der Waals surface area contributed by atoms with Gasteiger partial charge in [-0.2, -0.15) is 0 Å². The zero-order chi connectivity index (χ0) is 12.4. The Morgan fingerprint density at radius 3 is 3.00 bits per heavy atom. The number of hydrogen-bond donors (Lipinski definition) is 2.